The van der Waals surface area contributed by atoms with Gasteiger partial charge in [0.05, 0.1) is 23.4 Å². The van der Waals surface area contributed by atoms with E-state index in [1.165, 1.54) is 37.6 Å². The van der Waals surface area contributed by atoms with Crippen molar-refractivity contribution in [1.82, 2.24) is 4.98 Å². The van der Waals surface area contributed by atoms with Gasteiger partial charge >= 0.3 is 0 Å². The molecule has 2 heterocycles. The normalized spacial score (nSPS) is 15.0. The predicted octanol–water partition coefficient (Wildman–Crippen LogP) is 5.79. The molecular weight excluding hydrogens is 520 g/mol. The molecule has 40 heavy (non-hydrogen) atoms. The number of hydrogen-bond acceptors (Lipinski definition) is 7. The first-order chi connectivity index (χ1) is 19.4. The number of aromatic nitrogens is 1. The minimum absolute atomic E-state index is 0.0430. The highest BCUT2D eigenvalue weighted by atomic mass is 19.1. The highest BCUT2D eigenvalue weighted by Gasteiger charge is 2.54. The van der Waals surface area contributed by atoms with E-state index in [4.69, 9.17) is 18.9 Å². The SMILES string of the molecule is COc1cc2nccc(Oc3ccc(CC(=O)C4(C(=O)Cc5ccc(F)cc5)CC4)cc3F)c2c2c1OCCO2. The summed E-state index contributed by atoms with van der Waals surface area (Å²) in [5.74, 6) is 0.100. The van der Waals surface area contributed by atoms with Crippen molar-refractivity contribution in [2.75, 3.05) is 20.3 Å². The summed E-state index contributed by atoms with van der Waals surface area (Å²) < 4.78 is 51.4. The third-order valence-electron chi connectivity index (χ3n) is 7.34. The zero-order valence-electron chi connectivity index (χ0n) is 21.7. The summed E-state index contributed by atoms with van der Waals surface area (Å²) in [6, 6.07) is 13.3. The molecule has 2 aliphatic rings. The zero-order valence-corrected chi connectivity index (χ0v) is 21.7. The van der Waals surface area contributed by atoms with Crippen LogP contribution in [0.25, 0.3) is 10.9 Å². The number of halogens is 2. The fourth-order valence-corrected chi connectivity index (χ4v) is 5.02. The smallest absolute Gasteiger partial charge is 0.204 e. The molecule has 0 N–H and O–H groups in total. The largest absolute Gasteiger partial charge is 0.493 e. The van der Waals surface area contributed by atoms with E-state index in [1.54, 1.807) is 30.3 Å². The number of fused-ring (bicyclic) bond motifs is 3. The second kappa shape index (κ2) is 10.2. The second-order valence-electron chi connectivity index (χ2n) is 9.91. The van der Waals surface area contributed by atoms with Crippen molar-refractivity contribution in [3.05, 3.63) is 83.6 Å². The first-order valence-electron chi connectivity index (χ1n) is 12.9. The average Bonchev–Trinajstić information content (AvgIpc) is 3.78. The predicted molar refractivity (Wildman–Crippen MR) is 141 cm³/mol. The van der Waals surface area contributed by atoms with Crippen LogP contribution in [0.2, 0.25) is 0 Å². The van der Waals surface area contributed by atoms with Crippen LogP contribution in [0, 0.1) is 17.0 Å². The van der Waals surface area contributed by atoms with Gasteiger partial charge < -0.3 is 18.9 Å². The summed E-state index contributed by atoms with van der Waals surface area (Å²) in [4.78, 5) is 30.4. The van der Waals surface area contributed by atoms with E-state index in [2.05, 4.69) is 4.98 Å². The van der Waals surface area contributed by atoms with Gasteiger partial charge in [-0.2, -0.15) is 0 Å². The standard InChI is InChI=1S/C31H25F2NO6/c1-37-25-17-22-28(30-29(25)38-12-13-39-30)24(8-11-34-22)40-23-7-4-19(14-21(23)33)16-27(36)31(9-10-31)26(35)15-18-2-5-20(32)6-3-18/h2-8,11,14,17H,9-10,12-13,15-16H2,1H3. The van der Waals surface area contributed by atoms with E-state index in [0.29, 0.717) is 71.1 Å². The third-order valence-corrected chi connectivity index (χ3v) is 7.34. The van der Waals surface area contributed by atoms with Gasteiger partial charge in [0.2, 0.25) is 5.75 Å². The molecule has 0 saturated heterocycles. The number of Topliss-reactive ketones (excluding diaryl/α,β-unsaturated/α-hetero) is 2. The first kappa shape index (κ1) is 25.7. The molecule has 7 nitrogen and oxygen atoms in total. The van der Waals surface area contributed by atoms with Gasteiger partial charge in [-0.25, -0.2) is 8.78 Å². The maximum Gasteiger partial charge on any atom is 0.204 e. The molecule has 204 valence electrons. The molecule has 0 atom stereocenters. The Hall–Kier alpha value is -4.53. The molecule has 3 aromatic carbocycles. The Balaban J connectivity index is 1.20. The van der Waals surface area contributed by atoms with Crippen LogP contribution in [0.15, 0.2) is 60.8 Å². The molecule has 6 rings (SSSR count). The van der Waals surface area contributed by atoms with E-state index in [1.807, 2.05) is 0 Å². The zero-order chi connectivity index (χ0) is 27.9. The molecular formula is C31H25F2NO6. The number of hydrogen-bond donors (Lipinski definition) is 0. The molecule has 9 heteroatoms. The molecule has 1 aliphatic carbocycles. The van der Waals surface area contributed by atoms with Crippen molar-refractivity contribution in [2.24, 2.45) is 5.41 Å². The molecule has 1 aromatic heterocycles. The van der Waals surface area contributed by atoms with Gasteiger partial charge in [0.15, 0.2) is 34.6 Å². The van der Waals surface area contributed by atoms with Crippen molar-refractivity contribution in [3.8, 4) is 28.7 Å². The Labute approximate surface area is 228 Å². The Kier molecular flexibility index (Phi) is 6.57. The van der Waals surface area contributed by atoms with Gasteiger partial charge in [0.1, 0.15) is 24.8 Å². The van der Waals surface area contributed by atoms with Gasteiger partial charge in [0, 0.05) is 25.1 Å². The second-order valence-corrected chi connectivity index (χ2v) is 9.91. The van der Waals surface area contributed by atoms with E-state index < -0.39 is 11.2 Å². The topological polar surface area (TPSA) is 84.0 Å². The third kappa shape index (κ3) is 4.72. The molecule has 1 saturated carbocycles. The number of benzene rings is 3. The van der Waals surface area contributed by atoms with Gasteiger partial charge in [-0.15, -0.1) is 0 Å². The highest BCUT2D eigenvalue weighted by molar-refractivity contribution is 6.11. The monoisotopic (exact) mass is 545 g/mol. The van der Waals surface area contributed by atoms with E-state index in [9.17, 15) is 14.0 Å². The molecule has 1 aliphatic heterocycles. The number of carbonyl (C=O) groups is 2. The lowest BCUT2D eigenvalue weighted by molar-refractivity contribution is -0.133. The number of pyridine rings is 1. The van der Waals surface area contributed by atoms with Crippen LogP contribution in [0.5, 0.6) is 28.7 Å². The van der Waals surface area contributed by atoms with Crippen LogP contribution in [-0.2, 0) is 22.4 Å². The number of ketones is 2. The van der Waals surface area contributed by atoms with Crippen LogP contribution >= 0.6 is 0 Å². The van der Waals surface area contributed by atoms with Crippen LogP contribution in [0.3, 0.4) is 0 Å². The fourth-order valence-electron chi connectivity index (χ4n) is 5.02. The fraction of sp³-hybridized carbons (Fsp3) is 0.258. The van der Waals surface area contributed by atoms with Crippen LogP contribution in [-0.4, -0.2) is 36.9 Å². The molecule has 4 aromatic rings. The molecule has 0 radical (unpaired) electrons. The Bertz CT molecular complexity index is 1630. The molecule has 0 spiro atoms. The molecule has 0 amide bonds. The summed E-state index contributed by atoms with van der Waals surface area (Å²) in [6.07, 6.45) is 2.44. The van der Waals surface area contributed by atoms with Crippen molar-refractivity contribution >= 4 is 22.5 Å². The molecule has 0 bridgehead atoms. The summed E-state index contributed by atoms with van der Waals surface area (Å²) >= 11 is 0. The minimum atomic E-state index is -1.06. The lowest BCUT2D eigenvalue weighted by Gasteiger charge is -2.23. The molecule has 0 unspecified atom stereocenters. The number of rotatable bonds is 9. The van der Waals surface area contributed by atoms with Gasteiger partial charge in [-0.05, 0) is 54.3 Å². The van der Waals surface area contributed by atoms with Crippen LogP contribution in [0.4, 0.5) is 8.78 Å². The Morgan fingerprint density at radius 1 is 0.850 bits per heavy atom. The number of carbonyl (C=O) groups excluding carboxylic acids is 2. The van der Waals surface area contributed by atoms with E-state index >= 15 is 4.39 Å². The van der Waals surface area contributed by atoms with Gasteiger partial charge in [-0.3, -0.25) is 14.6 Å². The summed E-state index contributed by atoms with van der Waals surface area (Å²) in [5, 5.41) is 0.520. The van der Waals surface area contributed by atoms with Crippen LogP contribution < -0.4 is 18.9 Å². The quantitative estimate of drug-likeness (QED) is 0.246. The number of nitrogens with zero attached hydrogens (tertiary/aromatic N) is 1. The van der Waals surface area contributed by atoms with E-state index in [0.717, 1.165) is 0 Å². The highest BCUT2D eigenvalue weighted by Crippen LogP contribution is 2.50. The molecule has 1 fully saturated rings. The summed E-state index contributed by atoms with van der Waals surface area (Å²) in [6.45, 7) is 0.688. The van der Waals surface area contributed by atoms with Gasteiger partial charge in [0.25, 0.3) is 0 Å². The van der Waals surface area contributed by atoms with Crippen molar-refractivity contribution in [2.45, 2.75) is 25.7 Å². The van der Waals surface area contributed by atoms with Gasteiger partial charge in [-0.1, -0.05) is 18.2 Å². The Morgan fingerprint density at radius 2 is 1.52 bits per heavy atom. The Morgan fingerprint density at radius 3 is 2.20 bits per heavy atom. The maximum absolute atomic E-state index is 15.2. The number of ether oxygens (including phenoxy) is 4. The average molecular weight is 546 g/mol. The first-order valence-corrected chi connectivity index (χ1v) is 12.9. The van der Waals surface area contributed by atoms with Crippen molar-refractivity contribution < 1.29 is 37.3 Å². The van der Waals surface area contributed by atoms with Crippen LogP contribution in [0.1, 0.15) is 24.0 Å². The summed E-state index contributed by atoms with van der Waals surface area (Å²) in [7, 11) is 1.52. The van der Waals surface area contributed by atoms with Crippen molar-refractivity contribution in [3.63, 3.8) is 0 Å². The maximum atomic E-state index is 15.2. The summed E-state index contributed by atoms with van der Waals surface area (Å²) in [5.41, 5.74) is 0.562. The lowest BCUT2D eigenvalue weighted by Crippen LogP contribution is -2.28. The number of methoxy groups -OCH3 is 1. The lowest BCUT2D eigenvalue weighted by atomic mass is 9.88. The van der Waals surface area contributed by atoms with E-state index in [-0.39, 0.29) is 36.0 Å². The minimum Gasteiger partial charge on any atom is -0.493 e. The van der Waals surface area contributed by atoms with Crippen molar-refractivity contribution in [1.29, 1.82) is 0 Å².